The summed E-state index contributed by atoms with van der Waals surface area (Å²) >= 11 is 0. The van der Waals surface area contributed by atoms with Crippen molar-refractivity contribution in [2.45, 2.75) is 18.1 Å². The summed E-state index contributed by atoms with van der Waals surface area (Å²) in [6.45, 7) is 0.661. The summed E-state index contributed by atoms with van der Waals surface area (Å²) in [5, 5.41) is 11.4. The van der Waals surface area contributed by atoms with Crippen LogP contribution in [0.2, 0.25) is 0 Å². The molecule has 34 heavy (non-hydrogen) atoms. The predicted octanol–water partition coefficient (Wildman–Crippen LogP) is 1.77. The van der Waals surface area contributed by atoms with Crippen LogP contribution >= 0.6 is 0 Å². The molecule has 1 fully saturated rings. The van der Waals surface area contributed by atoms with Crippen LogP contribution in [0.3, 0.4) is 0 Å². The van der Waals surface area contributed by atoms with E-state index in [9.17, 15) is 14.4 Å². The van der Waals surface area contributed by atoms with Gasteiger partial charge in [0.05, 0.1) is 6.10 Å². The number of likely N-dealkylation sites (N-methyl/N-ethyl adjacent to an activating group) is 1. The van der Waals surface area contributed by atoms with Crippen molar-refractivity contribution in [2.24, 2.45) is 0 Å². The summed E-state index contributed by atoms with van der Waals surface area (Å²) in [6.07, 6.45) is -0.962. The number of alkyl carbamates (subject to hydrolysis) is 1. The first-order valence-electron chi connectivity index (χ1n) is 11.2. The van der Waals surface area contributed by atoms with Gasteiger partial charge in [-0.2, -0.15) is 0 Å². The summed E-state index contributed by atoms with van der Waals surface area (Å²) in [7, 11) is 3.63. The van der Waals surface area contributed by atoms with Gasteiger partial charge in [-0.25, -0.2) is 9.59 Å². The third kappa shape index (κ3) is 5.21. The highest BCUT2D eigenvalue weighted by Crippen LogP contribution is 2.44. The average Bonchev–Trinajstić information content (AvgIpc) is 3.09. The first-order chi connectivity index (χ1) is 16.3. The zero-order valence-corrected chi connectivity index (χ0v) is 19.3. The van der Waals surface area contributed by atoms with Crippen LogP contribution < -0.4 is 5.32 Å². The highest BCUT2D eigenvalue weighted by atomic mass is 16.5. The second kappa shape index (κ2) is 10.2. The zero-order chi connectivity index (χ0) is 24.2. The minimum absolute atomic E-state index is 0.0660. The van der Waals surface area contributed by atoms with E-state index in [0.717, 1.165) is 22.3 Å². The van der Waals surface area contributed by atoms with Crippen molar-refractivity contribution in [2.75, 3.05) is 46.9 Å². The summed E-state index contributed by atoms with van der Waals surface area (Å²) in [4.78, 5) is 39.6. The Morgan fingerprint density at radius 2 is 1.65 bits per heavy atom. The lowest BCUT2D eigenvalue weighted by Gasteiger charge is -2.40. The summed E-state index contributed by atoms with van der Waals surface area (Å²) < 4.78 is 10.8. The van der Waals surface area contributed by atoms with Gasteiger partial charge in [0.1, 0.15) is 19.3 Å². The van der Waals surface area contributed by atoms with Gasteiger partial charge in [-0.3, -0.25) is 4.79 Å². The van der Waals surface area contributed by atoms with Crippen LogP contribution in [0.25, 0.3) is 11.1 Å². The van der Waals surface area contributed by atoms with E-state index in [1.54, 1.807) is 4.90 Å². The summed E-state index contributed by atoms with van der Waals surface area (Å²) in [5.74, 6) is -1.37. The number of fused-ring (bicyclic) bond motifs is 3. The average molecular weight is 468 g/mol. The molecule has 2 amide bonds. The highest BCUT2D eigenvalue weighted by Gasteiger charge is 2.37. The fraction of sp³-hybridized carbons (Fsp3) is 0.400. The molecule has 9 heteroatoms. The van der Waals surface area contributed by atoms with Crippen molar-refractivity contribution in [1.82, 2.24) is 15.1 Å². The van der Waals surface area contributed by atoms with Crippen molar-refractivity contribution >= 4 is 18.0 Å². The minimum atomic E-state index is -1.05. The number of rotatable bonds is 9. The maximum atomic E-state index is 12.9. The molecule has 2 aliphatic rings. The number of carbonyl (C=O) groups excluding carboxylic acids is 2. The Kier molecular flexibility index (Phi) is 7.14. The lowest BCUT2D eigenvalue weighted by atomic mass is 9.98. The van der Waals surface area contributed by atoms with E-state index >= 15 is 0 Å². The second-order valence-corrected chi connectivity index (χ2v) is 8.85. The molecular weight excluding hydrogens is 438 g/mol. The third-order valence-corrected chi connectivity index (χ3v) is 6.08. The first-order valence-corrected chi connectivity index (χ1v) is 11.2. The first kappa shape index (κ1) is 23.7. The van der Waals surface area contributed by atoms with Crippen molar-refractivity contribution in [3.05, 3.63) is 59.7 Å². The second-order valence-electron chi connectivity index (χ2n) is 8.85. The number of nitrogens with zero attached hydrogens (tertiary/aromatic N) is 2. The zero-order valence-electron chi connectivity index (χ0n) is 19.3. The molecule has 0 unspecified atom stereocenters. The molecule has 180 valence electrons. The Bertz CT molecular complexity index is 1020. The maximum Gasteiger partial charge on any atom is 0.407 e. The number of nitrogens with one attached hydrogen (secondary N) is 1. The molecule has 2 aromatic carbocycles. The van der Waals surface area contributed by atoms with E-state index in [2.05, 4.69) is 17.4 Å². The molecule has 1 atom stereocenters. The number of likely N-dealkylation sites (tertiary alicyclic amines) is 1. The SMILES string of the molecule is CN(C)C[C@H](NC(=O)OCC1c2ccccc2-c2ccccc21)C(=O)N1CC(OCC(=O)O)C1. The number of carboxylic acids is 1. The molecule has 0 bridgehead atoms. The number of hydrogen-bond donors (Lipinski definition) is 2. The van der Waals surface area contributed by atoms with Crippen molar-refractivity contribution in [3.63, 3.8) is 0 Å². The number of carbonyl (C=O) groups is 3. The Morgan fingerprint density at radius 3 is 2.21 bits per heavy atom. The van der Waals surface area contributed by atoms with Crippen molar-refractivity contribution in [1.29, 1.82) is 0 Å². The Morgan fingerprint density at radius 1 is 1.06 bits per heavy atom. The Labute approximate surface area is 198 Å². The fourth-order valence-corrected chi connectivity index (χ4v) is 4.47. The number of amides is 2. The van der Waals surface area contributed by atoms with Crippen molar-refractivity contribution in [3.8, 4) is 11.1 Å². The minimum Gasteiger partial charge on any atom is -0.480 e. The van der Waals surface area contributed by atoms with E-state index in [0.29, 0.717) is 19.6 Å². The topological polar surface area (TPSA) is 108 Å². The molecule has 0 saturated carbocycles. The largest absolute Gasteiger partial charge is 0.480 e. The predicted molar refractivity (Wildman–Crippen MR) is 125 cm³/mol. The van der Waals surface area contributed by atoms with Crippen LogP contribution in [0.1, 0.15) is 17.0 Å². The lowest BCUT2D eigenvalue weighted by molar-refractivity contribution is -0.155. The molecule has 4 rings (SSSR count). The molecule has 2 N–H and O–H groups in total. The van der Waals surface area contributed by atoms with Gasteiger partial charge >= 0.3 is 12.1 Å². The molecular formula is C25H29N3O6. The maximum absolute atomic E-state index is 12.9. The van der Waals surface area contributed by atoms with Crippen LogP contribution in [0.15, 0.2) is 48.5 Å². The van der Waals surface area contributed by atoms with Gasteiger partial charge in [0.15, 0.2) is 0 Å². The van der Waals surface area contributed by atoms with Crippen molar-refractivity contribution < 1.29 is 29.0 Å². The smallest absolute Gasteiger partial charge is 0.407 e. The molecule has 1 heterocycles. The lowest BCUT2D eigenvalue weighted by Crippen LogP contribution is -2.61. The molecule has 2 aromatic rings. The number of ether oxygens (including phenoxy) is 2. The molecule has 9 nitrogen and oxygen atoms in total. The quantitative estimate of drug-likeness (QED) is 0.579. The number of aliphatic carboxylic acids is 1. The normalized spacial score (nSPS) is 15.9. The van der Waals surface area contributed by atoms with Gasteiger partial charge in [-0.1, -0.05) is 48.5 Å². The molecule has 0 aromatic heterocycles. The van der Waals surface area contributed by atoms with Gasteiger partial charge < -0.3 is 29.7 Å². The summed E-state index contributed by atoms with van der Waals surface area (Å²) in [6, 6.07) is 15.4. The van der Waals surface area contributed by atoms with Gasteiger partial charge in [0, 0.05) is 25.6 Å². The van der Waals surface area contributed by atoms with E-state index in [1.807, 2.05) is 55.4 Å². The van der Waals surface area contributed by atoms with Gasteiger partial charge in [-0.05, 0) is 36.3 Å². The fourth-order valence-electron chi connectivity index (χ4n) is 4.47. The van der Waals surface area contributed by atoms with Crippen LogP contribution in [-0.4, -0.2) is 92.0 Å². The van der Waals surface area contributed by atoms with Gasteiger partial charge in [0.25, 0.3) is 0 Å². The number of benzene rings is 2. The molecule has 0 radical (unpaired) electrons. The standard InChI is InChI=1S/C25H29N3O6/c1-27(2)13-22(24(31)28-11-16(12-28)33-15-23(29)30)26-25(32)34-14-21-19-9-5-3-7-17(19)18-8-4-6-10-20(18)21/h3-10,16,21-22H,11-15H2,1-2H3,(H,26,32)(H,29,30)/t22-/m0/s1. The van der Waals surface area contributed by atoms with Crippen LogP contribution in [0.5, 0.6) is 0 Å². The van der Waals surface area contributed by atoms with E-state index < -0.39 is 24.7 Å². The van der Waals surface area contributed by atoms with E-state index in [4.69, 9.17) is 14.6 Å². The Hall–Kier alpha value is -3.43. The Balaban J connectivity index is 1.35. The number of carboxylic acid groups (broad SMARTS) is 1. The van der Waals surface area contributed by atoms with Crippen LogP contribution in [-0.2, 0) is 19.1 Å². The molecule has 1 aliphatic heterocycles. The van der Waals surface area contributed by atoms with Crippen LogP contribution in [0.4, 0.5) is 4.79 Å². The highest BCUT2D eigenvalue weighted by molar-refractivity contribution is 5.86. The number of hydrogen-bond acceptors (Lipinski definition) is 6. The summed E-state index contributed by atoms with van der Waals surface area (Å²) in [5.41, 5.74) is 4.52. The monoisotopic (exact) mass is 467 g/mol. The van der Waals surface area contributed by atoms with Gasteiger partial charge in [0.2, 0.25) is 5.91 Å². The molecule has 0 spiro atoms. The third-order valence-electron chi connectivity index (χ3n) is 6.08. The molecule has 1 saturated heterocycles. The van der Waals surface area contributed by atoms with Gasteiger partial charge in [-0.15, -0.1) is 0 Å². The van der Waals surface area contributed by atoms with Crippen LogP contribution in [0, 0.1) is 0 Å². The van der Waals surface area contributed by atoms with E-state index in [-0.39, 0.29) is 24.5 Å². The van der Waals surface area contributed by atoms with E-state index in [1.165, 1.54) is 0 Å². The molecule has 1 aliphatic carbocycles.